The molecule has 0 saturated carbocycles. The van der Waals surface area contributed by atoms with Crippen molar-refractivity contribution in [1.82, 2.24) is 0 Å². The summed E-state index contributed by atoms with van der Waals surface area (Å²) < 4.78 is 6.16. The third kappa shape index (κ3) is 4.71. The third-order valence-electron chi connectivity index (χ3n) is 10.9. The van der Waals surface area contributed by atoms with Gasteiger partial charge in [-0.05, 0) is 110 Å². The van der Waals surface area contributed by atoms with E-state index in [0.29, 0.717) is 0 Å². The van der Waals surface area contributed by atoms with E-state index >= 15 is 0 Å². The van der Waals surface area contributed by atoms with Gasteiger partial charge in [0.25, 0.3) is 0 Å². The van der Waals surface area contributed by atoms with Gasteiger partial charge in [-0.3, -0.25) is 0 Å². The normalized spacial score (nSPS) is 13.1. The highest BCUT2D eigenvalue weighted by Crippen LogP contribution is 2.50. The van der Waals surface area contributed by atoms with Crippen LogP contribution in [0, 0.1) is 0 Å². The molecule has 242 valence electrons. The van der Waals surface area contributed by atoms with Crippen LogP contribution in [0.5, 0.6) is 0 Å². The van der Waals surface area contributed by atoms with E-state index in [2.05, 4.69) is 183 Å². The first-order valence-electron chi connectivity index (χ1n) is 17.7. The molecule has 51 heavy (non-hydrogen) atoms. The summed E-state index contributed by atoms with van der Waals surface area (Å²) >= 11 is 0. The fraction of sp³-hybridized carbons (Fsp3) is 0.0612. The van der Waals surface area contributed by atoms with E-state index in [1.165, 1.54) is 60.7 Å². The molecule has 0 bridgehead atoms. The molecular weight excluding hydrogens is 619 g/mol. The number of furan rings is 1. The Morgan fingerprint density at radius 1 is 0.412 bits per heavy atom. The number of hydrogen-bond donors (Lipinski definition) is 0. The second-order valence-electron chi connectivity index (χ2n) is 14.2. The maximum atomic E-state index is 6.16. The summed E-state index contributed by atoms with van der Waals surface area (Å²) in [6.45, 7) is 4.69. The standard InChI is InChI=1S/C49H35NO/c1-49(2)44-17-8-6-15-41(44)42-27-25-39(31-45(42)49)50(38-14-10-13-34(30-38)32-11-4-3-5-12-32)37-23-19-33(20-24-37)35-21-26-40-36(29-35)22-28-47-48(40)43-16-7-9-18-46(43)51-47/h3-31H,1-2H3. The van der Waals surface area contributed by atoms with Crippen LogP contribution in [0.25, 0.3) is 66.1 Å². The Bertz CT molecular complexity index is 2770. The summed E-state index contributed by atoms with van der Waals surface area (Å²) in [5, 5.41) is 4.75. The molecule has 2 heteroatoms. The molecule has 2 nitrogen and oxygen atoms in total. The van der Waals surface area contributed by atoms with Crippen molar-refractivity contribution in [2.45, 2.75) is 19.3 Å². The molecule has 10 rings (SSSR count). The van der Waals surface area contributed by atoms with Gasteiger partial charge in [-0.2, -0.15) is 0 Å². The zero-order valence-electron chi connectivity index (χ0n) is 28.6. The van der Waals surface area contributed by atoms with Crippen molar-refractivity contribution in [3.05, 3.63) is 187 Å². The number of fused-ring (bicyclic) bond motifs is 8. The lowest BCUT2D eigenvalue weighted by Crippen LogP contribution is -2.16. The number of rotatable bonds is 5. The molecule has 0 spiro atoms. The van der Waals surface area contributed by atoms with E-state index in [9.17, 15) is 0 Å². The summed E-state index contributed by atoms with van der Waals surface area (Å²) in [6, 6.07) is 63.7. The Hall–Kier alpha value is -6.38. The molecule has 9 aromatic rings. The van der Waals surface area contributed by atoms with Gasteiger partial charge >= 0.3 is 0 Å². The summed E-state index contributed by atoms with van der Waals surface area (Å²) in [7, 11) is 0. The van der Waals surface area contributed by atoms with Crippen molar-refractivity contribution in [3.63, 3.8) is 0 Å². The average molecular weight is 654 g/mol. The molecule has 0 radical (unpaired) electrons. The van der Waals surface area contributed by atoms with Gasteiger partial charge in [-0.25, -0.2) is 0 Å². The topological polar surface area (TPSA) is 16.4 Å². The molecule has 0 aliphatic heterocycles. The van der Waals surface area contributed by atoms with Crippen LogP contribution < -0.4 is 4.90 Å². The quantitative estimate of drug-likeness (QED) is 0.184. The van der Waals surface area contributed by atoms with Crippen molar-refractivity contribution < 1.29 is 4.42 Å². The van der Waals surface area contributed by atoms with Crippen molar-refractivity contribution in [2.75, 3.05) is 4.90 Å². The van der Waals surface area contributed by atoms with E-state index < -0.39 is 0 Å². The molecule has 0 saturated heterocycles. The van der Waals surface area contributed by atoms with Crippen molar-refractivity contribution in [2.24, 2.45) is 0 Å². The summed E-state index contributed by atoms with van der Waals surface area (Å²) in [6.07, 6.45) is 0. The molecule has 1 aliphatic rings. The minimum atomic E-state index is -0.0895. The predicted molar refractivity (Wildman–Crippen MR) is 214 cm³/mol. The monoisotopic (exact) mass is 653 g/mol. The SMILES string of the molecule is CC1(C)c2ccccc2-c2ccc(N(c3ccc(-c4ccc5c(ccc6oc7ccccc7c65)c4)cc3)c3cccc(-c4ccccc4)c3)cc21. The van der Waals surface area contributed by atoms with Crippen molar-refractivity contribution >= 4 is 49.8 Å². The van der Waals surface area contributed by atoms with Gasteiger partial charge in [0.15, 0.2) is 0 Å². The number of hydrogen-bond acceptors (Lipinski definition) is 2. The molecule has 8 aromatic carbocycles. The molecule has 1 aromatic heterocycles. The van der Waals surface area contributed by atoms with E-state index in [1.54, 1.807) is 0 Å². The average Bonchev–Trinajstić information content (AvgIpc) is 3.68. The van der Waals surface area contributed by atoms with Crippen LogP contribution >= 0.6 is 0 Å². The zero-order chi connectivity index (χ0) is 34.1. The Morgan fingerprint density at radius 3 is 1.96 bits per heavy atom. The molecule has 1 heterocycles. The second kappa shape index (κ2) is 11.3. The summed E-state index contributed by atoms with van der Waals surface area (Å²) in [4.78, 5) is 2.40. The number of nitrogens with zero attached hydrogens (tertiary/aromatic N) is 1. The first kappa shape index (κ1) is 29.5. The highest BCUT2D eigenvalue weighted by Gasteiger charge is 2.35. The molecule has 1 aliphatic carbocycles. The molecule has 0 N–H and O–H groups in total. The molecule has 0 amide bonds. The van der Waals surface area contributed by atoms with Gasteiger partial charge in [-0.1, -0.05) is 135 Å². The summed E-state index contributed by atoms with van der Waals surface area (Å²) in [5.41, 5.74) is 15.3. The molecule has 0 unspecified atom stereocenters. The lowest BCUT2D eigenvalue weighted by molar-refractivity contribution is 0.660. The van der Waals surface area contributed by atoms with Gasteiger partial charge < -0.3 is 9.32 Å². The minimum absolute atomic E-state index is 0.0895. The van der Waals surface area contributed by atoms with Gasteiger partial charge in [0.2, 0.25) is 0 Å². The van der Waals surface area contributed by atoms with Crippen LogP contribution in [-0.2, 0) is 5.41 Å². The maximum absolute atomic E-state index is 6.16. The van der Waals surface area contributed by atoms with Gasteiger partial charge in [0.05, 0.1) is 0 Å². The Kier molecular flexibility index (Phi) is 6.56. The largest absolute Gasteiger partial charge is 0.456 e. The first-order valence-corrected chi connectivity index (χ1v) is 17.7. The second-order valence-corrected chi connectivity index (χ2v) is 14.2. The highest BCUT2D eigenvalue weighted by atomic mass is 16.3. The van der Waals surface area contributed by atoms with Crippen LogP contribution in [0.1, 0.15) is 25.0 Å². The maximum Gasteiger partial charge on any atom is 0.136 e. The zero-order valence-corrected chi connectivity index (χ0v) is 28.6. The molecular formula is C49H35NO. The summed E-state index contributed by atoms with van der Waals surface area (Å²) in [5.74, 6) is 0. The molecule has 0 atom stereocenters. The Balaban J connectivity index is 1.08. The van der Waals surface area contributed by atoms with Gasteiger partial charge in [-0.15, -0.1) is 0 Å². The number of para-hydroxylation sites is 1. The third-order valence-corrected chi connectivity index (χ3v) is 10.9. The van der Waals surface area contributed by atoms with Crippen LogP contribution in [0.4, 0.5) is 17.1 Å². The van der Waals surface area contributed by atoms with Crippen molar-refractivity contribution in [3.8, 4) is 33.4 Å². The first-order chi connectivity index (χ1) is 25.0. The Morgan fingerprint density at radius 2 is 1.08 bits per heavy atom. The van der Waals surface area contributed by atoms with Crippen LogP contribution in [0.2, 0.25) is 0 Å². The predicted octanol–water partition coefficient (Wildman–Crippen LogP) is 13.8. The lowest BCUT2D eigenvalue weighted by atomic mass is 9.82. The fourth-order valence-electron chi connectivity index (χ4n) is 8.27. The van der Waals surface area contributed by atoms with E-state index in [0.717, 1.165) is 33.6 Å². The highest BCUT2D eigenvalue weighted by molar-refractivity contribution is 6.19. The van der Waals surface area contributed by atoms with E-state index in [4.69, 9.17) is 4.42 Å². The number of anilines is 3. The van der Waals surface area contributed by atoms with Crippen molar-refractivity contribution in [1.29, 1.82) is 0 Å². The van der Waals surface area contributed by atoms with Crippen LogP contribution in [0.15, 0.2) is 180 Å². The van der Waals surface area contributed by atoms with E-state index in [1.807, 2.05) is 12.1 Å². The molecule has 0 fully saturated rings. The Labute approximate surface area is 297 Å². The lowest BCUT2D eigenvalue weighted by Gasteiger charge is -2.28. The fourth-order valence-corrected chi connectivity index (χ4v) is 8.27. The van der Waals surface area contributed by atoms with Crippen LogP contribution in [-0.4, -0.2) is 0 Å². The van der Waals surface area contributed by atoms with Crippen LogP contribution in [0.3, 0.4) is 0 Å². The van der Waals surface area contributed by atoms with E-state index in [-0.39, 0.29) is 5.41 Å². The van der Waals surface area contributed by atoms with Gasteiger partial charge in [0, 0.05) is 33.2 Å². The van der Waals surface area contributed by atoms with Gasteiger partial charge in [0.1, 0.15) is 11.2 Å². The number of benzene rings is 8. The minimum Gasteiger partial charge on any atom is -0.456 e. The smallest absolute Gasteiger partial charge is 0.136 e.